The van der Waals surface area contributed by atoms with Crippen LogP contribution in [0.3, 0.4) is 0 Å². The number of aliphatic hydroxyl groups excluding tert-OH is 1. The third-order valence-electron chi connectivity index (χ3n) is 4.27. The number of aromatic amines is 1. The minimum atomic E-state index is -3.65. The molecule has 1 aromatic heterocycles. The van der Waals surface area contributed by atoms with Gasteiger partial charge in [0.15, 0.2) is 5.03 Å². The molecule has 2 N–H and O–H groups in total. The molecule has 0 aromatic carbocycles. The van der Waals surface area contributed by atoms with Crippen molar-refractivity contribution in [2.75, 3.05) is 27.7 Å². The van der Waals surface area contributed by atoms with Crippen LogP contribution < -0.4 is 0 Å². The highest BCUT2D eigenvalue weighted by atomic mass is 32.2. The summed E-state index contributed by atoms with van der Waals surface area (Å²) in [6, 6.07) is 0. The van der Waals surface area contributed by atoms with Gasteiger partial charge in [0.05, 0.1) is 12.8 Å². The molecule has 8 heteroatoms. The minimum Gasteiger partial charge on any atom is -0.392 e. The molecular weight excluding hydrogens is 280 g/mol. The first-order valence-corrected chi connectivity index (χ1v) is 8.04. The van der Waals surface area contributed by atoms with Gasteiger partial charge in [-0.3, -0.25) is 5.10 Å². The summed E-state index contributed by atoms with van der Waals surface area (Å²) in [6.07, 6.45) is 4.45. The van der Waals surface area contributed by atoms with E-state index in [-0.39, 0.29) is 17.2 Å². The molecule has 1 aliphatic rings. The summed E-state index contributed by atoms with van der Waals surface area (Å²) in [5, 5.41) is 15.3. The lowest BCUT2D eigenvalue weighted by Crippen LogP contribution is -2.57. The lowest BCUT2D eigenvalue weighted by Gasteiger charge is -2.48. The predicted octanol–water partition coefficient (Wildman–Crippen LogP) is 0.00680. The number of hydrogen-bond donors (Lipinski definition) is 2. The Hall–Kier alpha value is -0.960. The molecule has 0 saturated heterocycles. The quantitative estimate of drug-likeness (QED) is 0.772. The molecule has 0 atom stereocenters. The monoisotopic (exact) mass is 302 g/mol. The van der Waals surface area contributed by atoms with E-state index < -0.39 is 10.0 Å². The van der Waals surface area contributed by atoms with Gasteiger partial charge < -0.3 is 10.0 Å². The van der Waals surface area contributed by atoms with Crippen LogP contribution in [0.2, 0.25) is 0 Å². The van der Waals surface area contributed by atoms with Crippen LogP contribution in [0.15, 0.2) is 11.2 Å². The Morgan fingerprint density at radius 1 is 1.40 bits per heavy atom. The molecule has 0 aliphatic heterocycles. The van der Waals surface area contributed by atoms with Gasteiger partial charge in [-0.2, -0.15) is 9.40 Å². The Morgan fingerprint density at radius 3 is 2.50 bits per heavy atom. The predicted molar refractivity (Wildman–Crippen MR) is 74.6 cm³/mol. The maximum Gasteiger partial charge on any atom is 0.260 e. The van der Waals surface area contributed by atoms with Crippen molar-refractivity contribution in [2.24, 2.45) is 0 Å². The number of aliphatic hydroxyl groups is 1. The fraction of sp³-hybridized carbons (Fsp3) is 0.750. The highest BCUT2D eigenvalue weighted by molar-refractivity contribution is 7.89. The number of H-pyrrole nitrogens is 1. The highest BCUT2D eigenvalue weighted by Crippen LogP contribution is 2.37. The summed E-state index contributed by atoms with van der Waals surface area (Å²) in [5.41, 5.74) is 0.214. The molecule has 0 radical (unpaired) electrons. The molecule has 7 nitrogen and oxygen atoms in total. The van der Waals surface area contributed by atoms with Gasteiger partial charge >= 0.3 is 0 Å². The number of nitrogens with one attached hydrogen (secondary N) is 1. The van der Waals surface area contributed by atoms with E-state index in [4.69, 9.17) is 0 Å². The average Bonchev–Trinajstić information content (AvgIpc) is 2.81. The first-order valence-electron chi connectivity index (χ1n) is 6.60. The second-order valence-electron chi connectivity index (χ2n) is 5.62. The summed E-state index contributed by atoms with van der Waals surface area (Å²) in [7, 11) is 1.88. The lowest BCUT2D eigenvalue weighted by molar-refractivity contribution is 0.0454. The zero-order valence-electron chi connectivity index (χ0n) is 12.1. The van der Waals surface area contributed by atoms with Gasteiger partial charge in [0.1, 0.15) is 0 Å². The number of likely N-dealkylation sites (N-methyl/N-ethyl adjacent to an activating group) is 2. The van der Waals surface area contributed by atoms with Crippen LogP contribution in [0.1, 0.15) is 24.8 Å². The van der Waals surface area contributed by atoms with Gasteiger partial charge in [0.2, 0.25) is 0 Å². The van der Waals surface area contributed by atoms with Crippen molar-refractivity contribution >= 4 is 10.0 Å². The zero-order valence-corrected chi connectivity index (χ0v) is 12.9. The number of aromatic nitrogens is 2. The van der Waals surface area contributed by atoms with Crippen LogP contribution >= 0.6 is 0 Å². The maximum atomic E-state index is 12.5. The second kappa shape index (κ2) is 5.44. The van der Waals surface area contributed by atoms with Crippen LogP contribution in [0.4, 0.5) is 0 Å². The number of rotatable bonds is 6. The molecule has 1 aliphatic carbocycles. The third kappa shape index (κ3) is 2.48. The molecular formula is C12H22N4O3S. The number of sulfonamides is 1. The highest BCUT2D eigenvalue weighted by Gasteiger charge is 2.42. The molecule has 0 bridgehead atoms. The fourth-order valence-corrected chi connectivity index (χ4v) is 3.96. The summed E-state index contributed by atoms with van der Waals surface area (Å²) < 4.78 is 26.4. The van der Waals surface area contributed by atoms with Gasteiger partial charge in [0.25, 0.3) is 10.0 Å². The SMILES string of the molecule is CN(C)C1(CN(C)S(=O)(=O)c2[nH]ncc2CO)CCC1. The molecule has 0 amide bonds. The molecule has 20 heavy (non-hydrogen) atoms. The van der Waals surface area contributed by atoms with Crippen molar-refractivity contribution in [1.82, 2.24) is 19.4 Å². The molecule has 0 spiro atoms. The summed E-state index contributed by atoms with van der Waals surface area (Å²) >= 11 is 0. The van der Waals surface area contributed by atoms with Crippen molar-refractivity contribution < 1.29 is 13.5 Å². The van der Waals surface area contributed by atoms with E-state index in [1.54, 1.807) is 7.05 Å². The lowest BCUT2D eigenvalue weighted by atomic mass is 9.75. The summed E-state index contributed by atoms with van der Waals surface area (Å²) in [5.74, 6) is 0. The standard InChI is InChI=1S/C12H22N4O3S/c1-15(2)12(5-4-6-12)9-16(3)20(18,19)11-10(8-17)7-13-14-11/h7,17H,4-6,8-9H2,1-3H3,(H,13,14). The topological polar surface area (TPSA) is 89.5 Å². The van der Waals surface area contributed by atoms with Crippen molar-refractivity contribution in [3.63, 3.8) is 0 Å². The van der Waals surface area contributed by atoms with E-state index in [9.17, 15) is 13.5 Å². The molecule has 1 heterocycles. The summed E-state index contributed by atoms with van der Waals surface area (Å²) in [6.45, 7) is 0.0873. The van der Waals surface area contributed by atoms with Crippen LogP contribution in [0.5, 0.6) is 0 Å². The molecule has 1 fully saturated rings. The Balaban J connectivity index is 2.22. The van der Waals surface area contributed by atoms with Crippen molar-refractivity contribution in [3.05, 3.63) is 11.8 Å². The minimum absolute atomic E-state index is 0.0178. The van der Waals surface area contributed by atoms with E-state index in [0.717, 1.165) is 19.3 Å². The van der Waals surface area contributed by atoms with Gasteiger partial charge in [-0.15, -0.1) is 0 Å². The Bertz CT molecular complexity index is 563. The molecule has 1 aromatic rings. The van der Waals surface area contributed by atoms with Gasteiger partial charge in [-0.1, -0.05) is 0 Å². The molecule has 0 unspecified atom stereocenters. The van der Waals surface area contributed by atoms with Gasteiger partial charge in [-0.25, -0.2) is 8.42 Å². The zero-order chi connectivity index (χ0) is 15.0. The maximum absolute atomic E-state index is 12.5. The van der Waals surface area contributed by atoms with Crippen LogP contribution in [-0.4, -0.2) is 66.2 Å². The van der Waals surface area contributed by atoms with E-state index in [1.807, 2.05) is 14.1 Å². The summed E-state index contributed by atoms with van der Waals surface area (Å²) in [4.78, 5) is 2.10. The van der Waals surface area contributed by atoms with E-state index in [2.05, 4.69) is 15.1 Å². The van der Waals surface area contributed by atoms with Crippen LogP contribution in [0, 0.1) is 0 Å². The van der Waals surface area contributed by atoms with E-state index in [1.165, 1.54) is 10.5 Å². The number of hydrogen-bond acceptors (Lipinski definition) is 5. The smallest absolute Gasteiger partial charge is 0.260 e. The molecule has 2 rings (SSSR count). The number of nitrogens with zero attached hydrogens (tertiary/aromatic N) is 3. The van der Waals surface area contributed by atoms with Crippen LogP contribution in [0.25, 0.3) is 0 Å². The average molecular weight is 302 g/mol. The van der Waals surface area contributed by atoms with Crippen molar-refractivity contribution in [3.8, 4) is 0 Å². The first-order chi connectivity index (χ1) is 9.33. The molecule has 1 saturated carbocycles. The Kier molecular flexibility index (Phi) is 4.19. The normalized spacial score (nSPS) is 18.5. The molecule has 114 valence electrons. The second-order valence-corrected chi connectivity index (χ2v) is 7.60. The van der Waals surface area contributed by atoms with Crippen molar-refractivity contribution in [1.29, 1.82) is 0 Å². The van der Waals surface area contributed by atoms with E-state index >= 15 is 0 Å². The van der Waals surface area contributed by atoms with Gasteiger partial charge in [-0.05, 0) is 33.4 Å². The van der Waals surface area contributed by atoms with Gasteiger partial charge in [0, 0.05) is 24.7 Å². The first kappa shape index (κ1) is 15.4. The van der Waals surface area contributed by atoms with Crippen LogP contribution in [-0.2, 0) is 16.6 Å². The Labute approximate surface area is 119 Å². The van der Waals surface area contributed by atoms with Crippen molar-refractivity contribution in [2.45, 2.75) is 36.4 Å². The van der Waals surface area contributed by atoms with E-state index in [0.29, 0.717) is 12.1 Å². The largest absolute Gasteiger partial charge is 0.392 e. The third-order valence-corrected chi connectivity index (χ3v) is 6.09. The Morgan fingerprint density at radius 2 is 2.05 bits per heavy atom. The fourth-order valence-electron chi connectivity index (χ4n) is 2.62.